The fourth-order valence-corrected chi connectivity index (χ4v) is 3.50. The Balaban J connectivity index is 1.58. The van der Waals surface area contributed by atoms with Gasteiger partial charge < -0.3 is 9.64 Å². The molecular formula is C18H16ClNO2. The maximum Gasteiger partial charge on any atom is 0.233 e. The standard InChI is InChI=1S/C18H16ClNO2/c19-15-5-6-17-13(10-15)9-14(11-22-17)18(21)20-8-7-12-3-1-2-4-16(12)20/h1-6,10,14H,7-9,11H2/t14-/m0/s1. The highest BCUT2D eigenvalue weighted by molar-refractivity contribution is 6.30. The molecule has 0 bridgehead atoms. The van der Waals surface area contributed by atoms with Crippen LogP contribution in [0.2, 0.25) is 5.02 Å². The van der Waals surface area contributed by atoms with E-state index in [2.05, 4.69) is 6.07 Å². The van der Waals surface area contributed by atoms with E-state index in [0.29, 0.717) is 18.1 Å². The third kappa shape index (κ3) is 2.26. The zero-order valence-electron chi connectivity index (χ0n) is 12.1. The van der Waals surface area contributed by atoms with E-state index >= 15 is 0 Å². The number of hydrogen-bond acceptors (Lipinski definition) is 2. The number of rotatable bonds is 1. The van der Waals surface area contributed by atoms with Gasteiger partial charge in [-0.2, -0.15) is 0 Å². The fourth-order valence-electron chi connectivity index (χ4n) is 3.31. The number of ether oxygens (including phenoxy) is 1. The van der Waals surface area contributed by atoms with Gasteiger partial charge in [-0.3, -0.25) is 4.79 Å². The van der Waals surface area contributed by atoms with Crippen LogP contribution >= 0.6 is 11.6 Å². The summed E-state index contributed by atoms with van der Waals surface area (Å²) in [5, 5.41) is 0.682. The number of fused-ring (bicyclic) bond motifs is 2. The summed E-state index contributed by atoms with van der Waals surface area (Å²) in [6.45, 7) is 1.20. The van der Waals surface area contributed by atoms with Crippen molar-refractivity contribution in [1.29, 1.82) is 0 Å². The topological polar surface area (TPSA) is 29.5 Å². The molecule has 0 unspecified atom stereocenters. The van der Waals surface area contributed by atoms with Crippen molar-refractivity contribution in [3.63, 3.8) is 0 Å². The van der Waals surface area contributed by atoms with Gasteiger partial charge in [0.25, 0.3) is 0 Å². The van der Waals surface area contributed by atoms with Crippen LogP contribution in [0.5, 0.6) is 5.75 Å². The molecule has 22 heavy (non-hydrogen) atoms. The average Bonchev–Trinajstić information content (AvgIpc) is 2.97. The average molecular weight is 314 g/mol. The van der Waals surface area contributed by atoms with E-state index in [1.165, 1.54) is 5.56 Å². The molecule has 2 aliphatic heterocycles. The van der Waals surface area contributed by atoms with Gasteiger partial charge in [-0.05, 0) is 48.2 Å². The minimum atomic E-state index is -0.142. The third-order valence-corrected chi connectivity index (χ3v) is 4.67. The lowest BCUT2D eigenvalue weighted by Gasteiger charge is -2.28. The van der Waals surface area contributed by atoms with Crippen LogP contribution in [0.15, 0.2) is 42.5 Å². The molecule has 2 aromatic carbocycles. The van der Waals surface area contributed by atoms with Crippen molar-refractivity contribution < 1.29 is 9.53 Å². The number of amides is 1. The molecule has 4 rings (SSSR count). The van der Waals surface area contributed by atoms with Crippen LogP contribution in [-0.2, 0) is 17.6 Å². The molecule has 0 saturated heterocycles. The van der Waals surface area contributed by atoms with Crippen LogP contribution in [0.4, 0.5) is 5.69 Å². The van der Waals surface area contributed by atoms with Crippen molar-refractivity contribution in [2.45, 2.75) is 12.8 Å². The summed E-state index contributed by atoms with van der Waals surface area (Å²) in [5.41, 5.74) is 3.31. The molecule has 1 amide bonds. The smallest absolute Gasteiger partial charge is 0.233 e. The SMILES string of the molecule is O=C([C@@H]1COc2ccc(Cl)cc2C1)N1CCc2ccccc21. The van der Waals surface area contributed by atoms with Crippen LogP contribution in [-0.4, -0.2) is 19.1 Å². The van der Waals surface area contributed by atoms with E-state index in [1.807, 2.05) is 41.3 Å². The Morgan fingerprint density at radius 2 is 2.05 bits per heavy atom. The molecule has 2 aliphatic rings. The summed E-state index contributed by atoms with van der Waals surface area (Å²) in [6.07, 6.45) is 1.62. The normalized spacial score (nSPS) is 19.3. The Labute approximate surface area is 134 Å². The number of nitrogens with zero attached hydrogens (tertiary/aromatic N) is 1. The Bertz CT molecular complexity index is 744. The zero-order chi connectivity index (χ0) is 15.1. The van der Waals surface area contributed by atoms with E-state index in [1.54, 1.807) is 0 Å². The van der Waals surface area contributed by atoms with Gasteiger partial charge in [0.05, 0.1) is 5.92 Å². The first-order chi connectivity index (χ1) is 10.7. The maximum atomic E-state index is 12.9. The van der Waals surface area contributed by atoms with Crippen molar-refractivity contribution in [2.75, 3.05) is 18.1 Å². The highest BCUT2D eigenvalue weighted by atomic mass is 35.5. The predicted molar refractivity (Wildman–Crippen MR) is 86.6 cm³/mol. The Morgan fingerprint density at radius 3 is 2.95 bits per heavy atom. The van der Waals surface area contributed by atoms with Gasteiger partial charge in [-0.15, -0.1) is 0 Å². The first kappa shape index (κ1) is 13.6. The number of halogens is 1. The molecule has 0 spiro atoms. The van der Waals surface area contributed by atoms with Crippen molar-refractivity contribution in [1.82, 2.24) is 0 Å². The van der Waals surface area contributed by atoms with E-state index < -0.39 is 0 Å². The molecule has 4 heteroatoms. The molecule has 0 aliphatic carbocycles. The summed E-state index contributed by atoms with van der Waals surface area (Å²) in [6, 6.07) is 13.7. The zero-order valence-corrected chi connectivity index (χ0v) is 12.8. The van der Waals surface area contributed by atoms with E-state index in [4.69, 9.17) is 16.3 Å². The largest absolute Gasteiger partial charge is 0.492 e. The van der Waals surface area contributed by atoms with Gasteiger partial charge in [-0.1, -0.05) is 29.8 Å². The summed E-state index contributed by atoms with van der Waals surface area (Å²) < 4.78 is 5.75. The Hall–Kier alpha value is -2.00. The summed E-state index contributed by atoms with van der Waals surface area (Å²) in [5.74, 6) is 0.850. The lowest BCUT2D eigenvalue weighted by atomic mass is 9.95. The quantitative estimate of drug-likeness (QED) is 0.806. The highest BCUT2D eigenvalue weighted by Crippen LogP contribution is 2.33. The molecule has 0 saturated carbocycles. The second kappa shape index (κ2) is 5.33. The first-order valence-electron chi connectivity index (χ1n) is 7.53. The third-order valence-electron chi connectivity index (χ3n) is 4.43. The van der Waals surface area contributed by atoms with Gasteiger partial charge >= 0.3 is 0 Å². The second-order valence-electron chi connectivity index (χ2n) is 5.83. The van der Waals surface area contributed by atoms with Crippen molar-refractivity contribution >= 4 is 23.2 Å². The molecule has 2 heterocycles. The van der Waals surface area contributed by atoms with Crippen LogP contribution in [0, 0.1) is 5.92 Å². The molecule has 0 radical (unpaired) electrons. The minimum Gasteiger partial charge on any atom is -0.492 e. The molecule has 112 valence electrons. The molecule has 3 nitrogen and oxygen atoms in total. The first-order valence-corrected chi connectivity index (χ1v) is 7.90. The van der Waals surface area contributed by atoms with Crippen molar-refractivity contribution in [3.8, 4) is 5.75 Å². The van der Waals surface area contributed by atoms with Crippen LogP contribution in [0.1, 0.15) is 11.1 Å². The molecular weight excluding hydrogens is 298 g/mol. The van der Waals surface area contributed by atoms with Gasteiger partial charge in [0.2, 0.25) is 5.91 Å². The number of hydrogen-bond donors (Lipinski definition) is 0. The van der Waals surface area contributed by atoms with Gasteiger partial charge in [-0.25, -0.2) is 0 Å². The second-order valence-corrected chi connectivity index (χ2v) is 6.27. The van der Waals surface area contributed by atoms with Gasteiger partial charge in [0.15, 0.2) is 0 Å². The number of benzene rings is 2. The van der Waals surface area contributed by atoms with Crippen LogP contribution < -0.4 is 9.64 Å². The van der Waals surface area contributed by atoms with Crippen molar-refractivity contribution in [3.05, 3.63) is 58.6 Å². The summed E-state index contributed by atoms with van der Waals surface area (Å²) in [7, 11) is 0. The fraction of sp³-hybridized carbons (Fsp3) is 0.278. The predicted octanol–water partition coefficient (Wildman–Crippen LogP) is 3.48. The Morgan fingerprint density at radius 1 is 1.18 bits per heavy atom. The van der Waals surface area contributed by atoms with E-state index in [0.717, 1.165) is 30.0 Å². The number of carbonyl (C=O) groups excluding carboxylic acids is 1. The number of para-hydroxylation sites is 1. The Kier molecular flexibility index (Phi) is 3.30. The van der Waals surface area contributed by atoms with E-state index in [9.17, 15) is 4.79 Å². The number of anilines is 1. The van der Waals surface area contributed by atoms with Gasteiger partial charge in [0.1, 0.15) is 12.4 Å². The molecule has 0 fully saturated rings. The molecule has 0 aromatic heterocycles. The van der Waals surface area contributed by atoms with Crippen LogP contribution in [0.25, 0.3) is 0 Å². The lowest BCUT2D eigenvalue weighted by molar-refractivity contribution is -0.123. The molecule has 0 N–H and O–H groups in total. The van der Waals surface area contributed by atoms with Gasteiger partial charge in [0, 0.05) is 17.3 Å². The van der Waals surface area contributed by atoms with Crippen LogP contribution in [0.3, 0.4) is 0 Å². The molecule has 2 aromatic rings. The lowest BCUT2D eigenvalue weighted by Crippen LogP contribution is -2.40. The molecule has 1 atom stereocenters. The van der Waals surface area contributed by atoms with Crippen molar-refractivity contribution in [2.24, 2.45) is 5.92 Å². The monoisotopic (exact) mass is 313 g/mol. The summed E-state index contributed by atoms with van der Waals surface area (Å²) >= 11 is 6.05. The number of carbonyl (C=O) groups is 1. The minimum absolute atomic E-state index is 0.142. The summed E-state index contributed by atoms with van der Waals surface area (Å²) in [4.78, 5) is 14.8. The maximum absolute atomic E-state index is 12.9. The highest BCUT2D eigenvalue weighted by Gasteiger charge is 2.33. The van der Waals surface area contributed by atoms with E-state index in [-0.39, 0.29) is 11.8 Å².